The first-order chi connectivity index (χ1) is 9.25. The van der Waals surface area contributed by atoms with Crippen molar-refractivity contribution >= 4 is 5.78 Å². The lowest BCUT2D eigenvalue weighted by Crippen LogP contribution is -2.44. The van der Waals surface area contributed by atoms with Crippen molar-refractivity contribution in [2.45, 2.75) is 50.9 Å². The fourth-order valence-electron chi connectivity index (χ4n) is 4.75. The smallest absolute Gasteiger partial charge is 0.144 e. The van der Waals surface area contributed by atoms with Gasteiger partial charge in [0.05, 0.1) is 5.41 Å². The summed E-state index contributed by atoms with van der Waals surface area (Å²) in [4.78, 5) is 12.7. The predicted molar refractivity (Wildman–Crippen MR) is 76.3 cm³/mol. The monoisotopic (exact) mass is 252 g/mol. The van der Waals surface area contributed by atoms with Crippen LogP contribution in [-0.4, -0.2) is 5.78 Å². The molecule has 0 heterocycles. The number of ketones is 1. The lowest BCUT2D eigenvalue weighted by Gasteiger charge is -2.40. The SMILES string of the molecule is CCc1cccc2c1CCC(=O)C21CC2=CCC1C2. The maximum absolute atomic E-state index is 12.7. The van der Waals surface area contributed by atoms with Gasteiger partial charge >= 0.3 is 0 Å². The van der Waals surface area contributed by atoms with E-state index in [1.165, 1.54) is 28.7 Å². The average molecular weight is 252 g/mol. The predicted octanol–water partition coefficient (Wildman–Crippen LogP) is 3.74. The molecule has 3 aliphatic rings. The number of hydrogen-bond donors (Lipinski definition) is 0. The van der Waals surface area contributed by atoms with Gasteiger partial charge in [-0.3, -0.25) is 4.79 Å². The molecule has 1 aromatic rings. The van der Waals surface area contributed by atoms with Gasteiger partial charge in [-0.25, -0.2) is 0 Å². The molecule has 1 aromatic carbocycles. The minimum Gasteiger partial charge on any atom is -0.299 e. The average Bonchev–Trinajstić information content (AvgIpc) is 3.04. The molecule has 1 spiro atoms. The molecule has 0 N–H and O–H groups in total. The summed E-state index contributed by atoms with van der Waals surface area (Å²) in [7, 11) is 0. The van der Waals surface area contributed by atoms with Gasteiger partial charge in [0.25, 0.3) is 0 Å². The van der Waals surface area contributed by atoms with Gasteiger partial charge in [-0.15, -0.1) is 0 Å². The Balaban J connectivity index is 1.95. The second-order valence-corrected chi connectivity index (χ2v) is 6.37. The number of fused-ring (bicyclic) bond motifs is 5. The largest absolute Gasteiger partial charge is 0.299 e. The number of aryl methyl sites for hydroxylation is 1. The van der Waals surface area contributed by atoms with E-state index in [0.29, 0.717) is 11.7 Å². The minimum atomic E-state index is -0.136. The molecule has 0 radical (unpaired) electrons. The zero-order valence-electron chi connectivity index (χ0n) is 11.5. The molecule has 19 heavy (non-hydrogen) atoms. The molecule has 0 aromatic heterocycles. The Bertz CT molecular complexity index is 596. The Morgan fingerprint density at radius 1 is 1.32 bits per heavy atom. The van der Waals surface area contributed by atoms with E-state index < -0.39 is 0 Å². The van der Waals surface area contributed by atoms with Crippen LogP contribution in [0.3, 0.4) is 0 Å². The van der Waals surface area contributed by atoms with Crippen molar-refractivity contribution in [1.29, 1.82) is 0 Å². The number of benzene rings is 1. The molecule has 1 saturated carbocycles. The number of hydrogen-bond acceptors (Lipinski definition) is 1. The molecule has 1 nitrogen and oxygen atoms in total. The van der Waals surface area contributed by atoms with Crippen LogP contribution in [0.2, 0.25) is 0 Å². The van der Waals surface area contributed by atoms with Crippen molar-refractivity contribution in [2.75, 3.05) is 0 Å². The topological polar surface area (TPSA) is 17.1 Å². The Hall–Kier alpha value is -1.37. The molecule has 2 bridgehead atoms. The van der Waals surface area contributed by atoms with Crippen LogP contribution in [0.25, 0.3) is 0 Å². The van der Waals surface area contributed by atoms with Gasteiger partial charge in [0, 0.05) is 6.42 Å². The highest BCUT2D eigenvalue weighted by Gasteiger charge is 2.55. The highest BCUT2D eigenvalue weighted by molar-refractivity contribution is 5.94. The van der Waals surface area contributed by atoms with E-state index in [4.69, 9.17) is 0 Å². The quantitative estimate of drug-likeness (QED) is 0.696. The molecule has 0 saturated heterocycles. The van der Waals surface area contributed by atoms with E-state index in [0.717, 1.165) is 32.1 Å². The van der Waals surface area contributed by atoms with Crippen molar-refractivity contribution in [1.82, 2.24) is 0 Å². The third-order valence-corrected chi connectivity index (χ3v) is 5.64. The lowest BCUT2D eigenvalue weighted by atomic mass is 9.61. The van der Waals surface area contributed by atoms with Crippen molar-refractivity contribution in [3.05, 3.63) is 46.5 Å². The summed E-state index contributed by atoms with van der Waals surface area (Å²) in [6.45, 7) is 2.22. The Morgan fingerprint density at radius 2 is 2.21 bits per heavy atom. The van der Waals surface area contributed by atoms with Crippen LogP contribution in [0.1, 0.15) is 49.3 Å². The van der Waals surface area contributed by atoms with Crippen molar-refractivity contribution in [2.24, 2.45) is 5.92 Å². The highest BCUT2D eigenvalue weighted by atomic mass is 16.1. The van der Waals surface area contributed by atoms with E-state index in [1.54, 1.807) is 0 Å². The number of carbonyl (C=O) groups excluding carboxylic acids is 1. The molecule has 4 rings (SSSR count). The lowest BCUT2D eigenvalue weighted by molar-refractivity contribution is -0.126. The van der Waals surface area contributed by atoms with Gasteiger partial charge in [-0.2, -0.15) is 0 Å². The summed E-state index contributed by atoms with van der Waals surface area (Å²) in [5.41, 5.74) is 5.74. The molecule has 1 fully saturated rings. The number of Topliss-reactive ketones (excluding diaryl/α,β-unsaturated/α-hetero) is 1. The summed E-state index contributed by atoms with van der Waals surface area (Å²) < 4.78 is 0. The third-order valence-electron chi connectivity index (χ3n) is 5.64. The maximum atomic E-state index is 12.7. The van der Waals surface area contributed by atoms with E-state index in [9.17, 15) is 4.79 Å². The number of carbonyl (C=O) groups is 1. The first-order valence-corrected chi connectivity index (χ1v) is 7.58. The summed E-state index contributed by atoms with van der Waals surface area (Å²) in [6.07, 6.45) is 8.48. The van der Waals surface area contributed by atoms with Crippen LogP contribution in [0.5, 0.6) is 0 Å². The Kier molecular flexibility index (Phi) is 2.30. The van der Waals surface area contributed by atoms with Crippen LogP contribution in [-0.2, 0) is 23.1 Å². The Labute approximate surface area is 114 Å². The van der Waals surface area contributed by atoms with Gasteiger partial charge in [0.2, 0.25) is 0 Å². The van der Waals surface area contributed by atoms with Crippen LogP contribution in [0.15, 0.2) is 29.8 Å². The minimum absolute atomic E-state index is 0.136. The zero-order chi connectivity index (χ0) is 13.0. The maximum Gasteiger partial charge on any atom is 0.144 e. The van der Waals surface area contributed by atoms with Crippen molar-refractivity contribution < 1.29 is 4.79 Å². The zero-order valence-corrected chi connectivity index (χ0v) is 11.5. The van der Waals surface area contributed by atoms with Crippen LogP contribution >= 0.6 is 0 Å². The van der Waals surface area contributed by atoms with Gasteiger partial charge < -0.3 is 0 Å². The number of allylic oxidation sites excluding steroid dienone is 2. The highest BCUT2D eigenvalue weighted by Crippen LogP contribution is 2.57. The molecular formula is C18H20O. The summed E-state index contributed by atoms with van der Waals surface area (Å²) in [5.74, 6) is 1.07. The second kappa shape index (κ2) is 3.82. The molecule has 3 aliphatic carbocycles. The first-order valence-electron chi connectivity index (χ1n) is 7.58. The second-order valence-electron chi connectivity index (χ2n) is 6.37. The van der Waals surface area contributed by atoms with Crippen LogP contribution < -0.4 is 0 Å². The van der Waals surface area contributed by atoms with Crippen molar-refractivity contribution in [3.8, 4) is 0 Å². The summed E-state index contributed by atoms with van der Waals surface area (Å²) in [5, 5.41) is 0. The summed E-state index contributed by atoms with van der Waals surface area (Å²) in [6, 6.07) is 6.65. The van der Waals surface area contributed by atoms with Gasteiger partial charge in [0.1, 0.15) is 5.78 Å². The van der Waals surface area contributed by atoms with Gasteiger partial charge in [0.15, 0.2) is 0 Å². The standard InChI is InChI=1S/C18H20O/c1-2-13-4-3-5-16-15(13)8-9-17(19)18(16)11-12-6-7-14(18)10-12/h3-6,14H,2,7-11H2,1H3. The third kappa shape index (κ3) is 1.34. The van der Waals surface area contributed by atoms with Crippen molar-refractivity contribution in [3.63, 3.8) is 0 Å². The number of rotatable bonds is 1. The Morgan fingerprint density at radius 3 is 2.89 bits per heavy atom. The molecular weight excluding hydrogens is 232 g/mol. The van der Waals surface area contributed by atoms with E-state index in [2.05, 4.69) is 31.2 Å². The van der Waals surface area contributed by atoms with Gasteiger partial charge in [-0.1, -0.05) is 36.8 Å². The first kappa shape index (κ1) is 11.5. The molecule has 2 unspecified atom stereocenters. The van der Waals surface area contributed by atoms with E-state index >= 15 is 0 Å². The molecule has 0 aliphatic heterocycles. The molecule has 0 amide bonds. The van der Waals surface area contributed by atoms with Crippen LogP contribution in [0, 0.1) is 5.92 Å². The molecule has 2 atom stereocenters. The summed E-state index contributed by atoms with van der Waals surface area (Å²) >= 11 is 0. The van der Waals surface area contributed by atoms with E-state index in [1.807, 2.05) is 0 Å². The van der Waals surface area contributed by atoms with Crippen LogP contribution in [0.4, 0.5) is 0 Å². The van der Waals surface area contributed by atoms with Gasteiger partial charge in [-0.05, 0) is 54.7 Å². The fourth-order valence-corrected chi connectivity index (χ4v) is 4.75. The molecule has 1 heteroatoms. The normalized spacial score (nSPS) is 31.7. The molecule has 98 valence electrons. The fraction of sp³-hybridized carbons (Fsp3) is 0.500. The van der Waals surface area contributed by atoms with E-state index in [-0.39, 0.29) is 5.41 Å².